The summed E-state index contributed by atoms with van der Waals surface area (Å²) in [4.78, 5) is 19.1. The highest BCUT2D eigenvalue weighted by Crippen LogP contribution is 2.27. The number of H-pyrrole nitrogens is 1. The number of thiophene rings is 1. The fourth-order valence-electron chi connectivity index (χ4n) is 1.69. The molecule has 9 heteroatoms. The molecule has 0 aromatic carbocycles. The molecule has 0 fully saturated rings. The van der Waals surface area contributed by atoms with Crippen LogP contribution in [0.5, 0.6) is 0 Å². The van der Waals surface area contributed by atoms with E-state index in [0.29, 0.717) is 16.3 Å². The first-order valence-electron chi connectivity index (χ1n) is 6.43. The SMILES string of the molecule is CCCNc1nnc(SCc2nc3ccsc3c(=O)[nH]2)s1. The highest BCUT2D eigenvalue weighted by atomic mass is 32.2. The van der Waals surface area contributed by atoms with Gasteiger partial charge in [-0.15, -0.1) is 21.5 Å². The molecular formula is C12H13N5OS3. The summed E-state index contributed by atoms with van der Waals surface area (Å²) in [5.41, 5.74) is 0.676. The summed E-state index contributed by atoms with van der Waals surface area (Å²) < 4.78 is 1.53. The van der Waals surface area contributed by atoms with Crippen LogP contribution in [0.2, 0.25) is 0 Å². The zero-order valence-corrected chi connectivity index (χ0v) is 13.7. The van der Waals surface area contributed by atoms with Crippen LogP contribution in [0, 0.1) is 0 Å². The van der Waals surface area contributed by atoms with Gasteiger partial charge in [0.05, 0.1) is 11.3 Å². The van der Waals surface area contributed by atoms with Crippen LogP contribution in [0.1, 0.15) is 19.2 Å². The van der Waals surface area contributed by atoms with E-state index < -0.39 is 0 Å². The van der Waals surface area contributed by atoms with Crippen LogP contribution < -0.4 is 10.9 Å². The summed E-state index contributed by atoms with van der Waals surface area (Å²) >= 11 is 4.44. The monoisotopic (exact) mass is 339 g/mol. The lowest BCUT2D eigenvalue weighted by atomic mass is 10.4. The number of nitrogens with one attached hydrogen (secondary N) is 2. The van der Waals surface area contributed by atoms with Gasteiger partial charge in [0.15, 0.2) is 4.34 Å². The third kappa shape index (κ3) is 3.42. The second-order valence-corrected chi connectivity index (χ2v) is 7.35. The van der Waals surface area contributed by atoms with Crippen LogP contribution in [0.15, 0.2) is 20.6 Å². The largest absolute Gasteiger partial charge is 0.360 e. The quantitative estimate of drug-likeness (QED) is 0.672. The summed E-state index contributed by atoms with van der Waals surface area (Å²) in [7, 11) is 0. The fraction of sp³-hybridized carbons (Fsp3) is 0.333. The Balaban J connectivity index is 1.68. The Morgan fingerprint density at radius 1 is 1.43 bits per heavy atom. The maximum atomic E-state index is 11.9. The molecule has 0 amide bonds. The number of aromatic amines is 1. The van der Waals surface area contributed by atoms with Gasteiger partial charge in [-0.2, -0.15) is 0 Å². The molecule has 3 heterocycles. The Bertz CT molecular complexity index is 793. The van der Waals surface area contributed by atoms with Gasteiger partial charge in [-0.3, -0.25) is 4.79 Å². The number of anilines is 1. The number of hydrogen-bond acceptors (Lipinski definition) is 8. The Morgan fingerprint density at radius 3 is 3.19 bits per heavy atom. The summed E-state index contributed by atoms with van der Waals surface area (Å²) in [6.45, 7) is 3.00. The van der Waals surface area contributed by atoms with Gasteiger partial charge in [0, 0.05) is 6.54 Å². The summed E-state index contributed by atoms with van der Waals surface area (Å²) in [6.07, 6.45) is 1.05. The van der Waals surface area contributed by atoms with Crippen molar-refractivity contribution in [1.29, 1.82) is 0 Å². The molecule has 2 N–H and O–H groups in total. The minimum absolute atomic E-state index is 0.0758. The van der Waals surface area contributed by atoms with Crippen molar-refractivity contribution < 1.29 is 0 Å². The van der Waals surface area contributed by atoms with Crippen LogP contribution in [0.4, 0.5) is 5.13 Å². The van der Waals surface area contributed by atoms with Gasteiger partial charge >= 0.3 is 0 Å². The van der Waals surface area contributed by atoms with Gasteiger partial charge in [-0.1, -0.05) is 30.0 Å². The number of aromatic nitrogens is 4. The van der Waals surface area contributed by atoms with Crippen LogP contribution in [-0.4, -0.2) is 26.7 Å². The van der Waals surface area contributed by atoms with Crippen LogP contribution in [0.25, 0.3) is 10.2 Å². The van der Waals surface area contributed by atoms with E-state index in [-0.39, 0.29) is 5.56 Å². The maximum absolute atomic E-state index is 11.9. The Hall–Kier alpha value is -1.45. The van der Waals surface area contributed by atoms with Crippen molar-refractivity contribution in [3.63, 3.8) is 0 Å². The molecule has 0 unspecified atom stereocenters. The molecule has 0 aliphatic heterocycles. The third-order valence-corrected chi connectivity index (χ3v) is 5.56. The number of thioether (sulfide) groups is 1. The van der Waals surface area contributed by atoms with E-state index in [1.54, 1.807) is 0 Å². The molecule has 0 saturated heterocycles. The van der Waals surface area contributed by atoms with Gasteiger partial charge in [0.25, 0.3) is 5.56 Å². The number of hydrogen-bond donors (Lipinski definition) is 2. The number of nitrogens with zero attached hydrogens (tertiary/aromatic N) is 3. The van der Waals surface area contributed by atoms with E-state index in [9.17, 15) is 4.79 Å². The summed E-state index contributed by atoms with van der Waals surface area (Å²) in [6, 6.07) is 1.86. The molecule has 0 bridgehead atoms. The first kappa shape index (κ1) is 14.5. The highest BCUT2D eigenvalue weighted by molar-refractivity contribution is 8.00. The standard InChI is InChI=1S/C12H13N5OS3/c1-2-4-13-11-16-17-12(21-11)20-6-8-14-7-3-5-19-9(7)10(18)15-8/h3,5H,2,4,6H2,1H3,(H,13,16)(H,14,15,18). The van der Waals surface area contributed by atoms with E-state index in [2.05, 4.69) is 32.4 Å². The normalized spacial score (nSPS) is 11.1. The predicted molar refractivity (Wildman–Crippen MR) is 88.5 cm³/mol. The van der Waals surface area contributed by atoms with Crippen molar-refractivity contribution in [3.05, 3.63) is 27.6 Å². The molecule has 0 radical (unpaired) electrons. The molecule has 0 saturated carbocycles. The van der Waals surface area contributed by atoms with Crippen molar-refractivity contribution >= 4 is 49.8 Å². The first-order valence-corrected chi connectivity index (χ1v) is 9.11. The van der Waals surface area contributed by atoms with Crippen molar-refractivity contribution in [2.75, 3.05) is 11.9 Å². The highest BCUT2D eigenvalue weighted by Gasteiger charge is 2.08. The molecule has 0 aliphatic rings. The van der Waals surface area contributed by atoms with Crippen LogP contribution >= 0.6 is 34.4 Å². The lowest BCUT2D eigenvalue weighted by Crippen LogP contribution is -2.09. The zero-order chi connectivity index (χ0) is 14.7. The van der Waals surface area contributed by atoms with Crippen LogP contribution in [0.3, 0.4) is 0 Å². The van der Waals surface area contributed by atoms with Crippen molar-refractivity contribution in [2.24, 2.45) is 0 Å². The first-order chi connectivity index (χ1) is 10.3. The van der Waals surface area contributed by atoms with Gasteiger partial charge < -0.3 is 10.3 Å². The molecule has 21 heavy (non-hydrogen) atoms. The number of fused-ring (bicyclic) bond motifs is 1. The predicted octanol–water partition coefficient (Wildman–Crippen LogP) is 2.95. The van der Waals surface area contributed by atoms with E-state index >= 15 is 0 Å². The van der Waals surface area contributed by atoms with E-state index in [0.717, 1.165) is 28.0 Å². The van der Waals surface area contributed by atoms with Gasteiger partial charge in [-0.25, -0.2) is 4.98 Å². The van der Waals surface area contributed by atoms with Gasteiger partial charge in [-0.05, 0) is 17.9 Å². The fourth-order valence-corrected chi connectivity index (χ4v) is 4.06. The van der Waals surface area contributed by atoms with Crippen molar-refractivity contribution in [2.45, 2.75) is 23.4 Å². The van der Waals surface area contributed by atoms with E-state index in [4.69, 9.17) is 0 Å². The Kier molecular flexibility index (Phi) is 4.51. The van der Waals surface area contributed by atoms with Crippen molar-refractivity contribution in [3.8, 4) is 0 Å². The minimum atomic E-state index is -0.0758. The second kappa shape index (κ2) is 6.54. The summed E-state index contributed by atoms with van der Waals surface area (Å²) in [5, 5.41) is 14.1. The zero-order valence-electron chi connectivity index (χ0n) is 11.3. The average molecular weight is 339 g/mol. The van der Waals surface area contributed by atoms with Gasteiger partial charge in [0.1, 0.15) is 10.5 Å². The molecule has 0 atom stereocenters. The smallest absolute Gasteiger partial charge is 0.268 e. The van der Waals surface area contributed by atoms with Crippen LogP contribution in [-0.2, 0) is 5.75 Å². The maximum Gasteiger partial charge on any atom is 0.268 e. The topological polar surface area (TPSA) is 83.6 Å². The average Bonchev–Trinajstić information content (AvgIpc) is 3.12. The third-order valence-electron chi connectivity index (χ3n) is 2.63. The molecule has 110 valence electrons. The molecule has 0 aliphatic carbocycles. The summed E-state index contributed by atoms with van der Waals surface area (Å²) in [5.74, 6) is 1.23. The molecule has 3 aromatic heterocycles. The Morgan fingerprint density at radius 2 is 2.33 bits per heavy atom. The second-order valence-electron chi connectivity index (χ2n) is 4.24. The molecule has 6 nitrogen and oxygen atoms in total. The lowest BCUT2D eigenvalue weighted by Gasteiger charge is -1.98. The van der Waals surface area contributed by atoms with Gasteiger partial charge in [0.2, 0.25) is 5.13 Å². The molecule has 3 aromatic rings. The van der Waals surface area contributed by atoms with E-state index in [1.165, 1.54) is 34.4 Å². The minimum Gasteiger partial charge on any atom is -0.360 e. The molecule has 0 spiro atoms. The van der Waals surface area contributed by atoms with E-state index in [1.807, 2.05) is 11.4 Å². The Labute approximate surface area is 133 Å². The lowest BCUT2D eigenvalue weighted by molar-refractivity contribution is 0.950. The van der Waals surface area contributed by atoms with Crippen molar-refractivity contribution in [1.82, 2.24) is 20.2 Å². The number of rotatable bonds is 6. The molecule has 3 rings (SSSR count). The molecular weight excluding hydrogens is 326 g/mol.